The molecule has 0 amide bonds. The molecule has 22 heavy (non-hydrogen) atoms. The van der Waals surface area contributed by atoms with Gasteiger partial charge < -0.3 is 5.11 Å². The molecule has 0 bridgehead atoms. The molecule has 108 valence electrons. The molecule has 0 radical (unpaired) electrons. The fourth-order valence-corrected chi connectivity index (χ4v) is 2.58. The average molecular weight is 310 g/mol. The van der Waals surface area contributed by atoms with Crippen LogP contribution >= 0.6 is 11.6 Å². The van der Waals surface area contributed by atoms with E-state index in [0.717, 1.165) is 16.7 Å². The van der Waals surface area contributed by atoms with Gasteiger partial charge in [-0.15, -0.1) is 0 Å². The number of halogens is 1. The molecule has 0 aliphatic carbocycles. The topological polar surface area (TPSA) is 50.2 Å². The predicted octanol–water partition coefficient (Wildman–Crippen LogP) is 4.77. The number of carbonyl (C=O) groups is 1. The third kappa shape index (κ3) is 2.71. The van der Waals surface area contributed by atoms with Crippen LogP contribution in [0.15, 0.2) is 66.9 Å². The number of carboxylic acids is 1. The molecule has 0 atom stereocenters. The Bertz CT molecular complexity index is 846. The van der Waals surface area contributed by atoms with Crippen LogP contribution in [0.3, 0.4) is 0 Å². The van der Waals surface area contributed by atoms with E-state index in [9.17, 15) is 9.90 Å². The van der Waals surface area contributed by atoms with Crippen LogP contribution in [-0.4, -0.2) is 16.1 Å². The number of carboxylic acid groups (broad SMARTS) is 1. The fraction of sp³-hybridized carbons (Fsp3) is 0. The van der Waals surface area contributed by atoms with Gasteiger partial charge in [-0.2, -0.15) is 0 Å². The van der Waals surface area contributed by atoms with Crippen LogP contribution in [0.25, 0.3) is 22.4 Å². The van der Waals surface area contributed by atoms with E-state index in [2.05, 4.69) is 4.98 Å². The zero-order valence-electron chi connectivity index (χ0n) is 11.5. The summed E-state index contributed by atoms with van der Waals surface area (Å²) in [6, 6.07) is 18.3. The molecule has 0 spiro atoms. The van der Waals surface area contributed by atoms with Crippen molar-refractivity contribution in [2.24, 2.45) is 0 Å². The van der Waals surface area contributed by atoms with Crippen molar-refractivity contribution in [3.63, 3.8) is 0 Å². The highest BCUT2D eigenvalue weighted by atomic mass is 35.5. The summed E-state index contributed by atoms with van der Waals surface area (Å²) >= 11 is 6.23. The second-order valence-electron chi connectivity index (χ2n) is 4.77. The predicted molar refractivity (Wildman–Crippen MR) is 87.1 cm³/mol. The first-order valence-electron chi connectivity index (χ1n) is 6.70. The van der Waals surface area contributed by atoms with Crippen molar-refractivity contribution < 1.29 is 9.90 Å². The van der Waals surface area contributed by atoms with Crippen molar-refractivity contribution in [3.05, 3.63) is 77.4 Å². The molecule has 0 saturated heterocycles. The van der Waals surface area contributed by atoms with Crippen LogP contribution in [0.4, 0.5) is 0 Å². The van der Waals surface area contributed by atoms with E-state index in [-0.39, 0.29) is 5.56 Å². The Morgan fingerprint density at radius 1 is 0.955 bits per heavy atom. The van der Waals surface area contributed by atoms with Crippen molar-refractivity contribution in [1.82, 2.24) is 4.98 Å². The minimum atomic E-state index is -0.994. The molecule has 1 N–H and O–H groups in total. The monoisotopic (exact) mass is 309 g/mol. The Balaban J connectivity index is 2.14. The van der Waals surface area contributed by atoms with Gasteiger partial charge in [0.15, 0.2) is 0 Å². The lowest BCUT2D eigenvalue weighted by molar-refractivity contribution is 0.0697. The second-order valence-corrected chi connectivity index (χ2v) is 5.17. The van der Waals surface area contributed by atoms with E-state index in [1.54, 1.807) is 18.3 Å². The van der Waals surface area contributed by atoms with Crippen molar-refractivity contribution in [3.8, 4) is 22.4 Å². The van der Waals surface area contributed by atoms with Gasteiger partial charge in [0.05, 0.1) is 11.3 Å². The Morgan fingerprint density at radius 2 is 1.73 bits per heavy atom. The van der Waals surface area contributed by atoms with Gasteiger partial charge in [-0.1, -0.05) is 48.0 Å². The van der Waals surface area contributed by atoms with Crippen LogP contribution in [0.5, 0.6) is 0 Å². The highest BCUT2D eigenvalue weighted by molar-refractivity contribution is 6.33. The molecule has 0 saturated carbocycles. The first-order valence-corrected chi connectivity index (χ1v) is 7.08. The summed E-state index contributed by atoms with van der Waals surface area (Å²) < 4.78 is 0. The van der Waals surface area contributed by atoms with Crippen molar-refractivity contribution in [2.45, 2.75) is 0 Å². The summed E-state index contributed by atoms with van der Waals surface area (Å²) in [6.07, 6.45) is 1.59. The average Bonchev–Trinajstić information content (AvgIpc) is 2.55. The highest BCUT2D eigenvalue weighted by Gasteiger charge is 2.13. The van der Waals surface area contributed by atoms with E-state index in [0.29, 0.717) is 10.7 Å². The summed E-state index contributed by atoms with van der Waals surface area (Å²) in [6.45, 7) is 0. The number of rotatable bonds is 3. The second kappa shape index (κ2) is 6.00. The number of benzene rings is 2. The molecule has 0 unspecified atom stereocenters. The molecule has 3 rings (SSSR count). The molecular formula is C18H12ClNO2. The maximum absolute atomic E-state index is 11.3. The van der Waals surface area contributed by atoms with E-state index >= 15 is 0 Å². The van der Waals surface area contributed by atoms with Gasteiger partial charge in [0.25, 0.3) is 0 Å². The molecule has 0 aliphatic rings. The first kappa shape index (κ1) is 14.3. The van der Waals surface area contributed by atoms with E-state index in [1.807, 2.05) is 48.5 Å². The van der Waals surface area contributed by atoms with E-state index in [4.69, 9.17) is 11.6 Å². The van der Waals surface area contributed by atoms with Crippen LogP contribution in [0.1, 0.15) is 10.4 Å². The molecular weight excluding hydrogens is 298 g/mol. The number of hydrogen-bond donors (Lipinski definition) is 1. The smallest absolute Gasteiger partial charge is 0.337 e. The van der Waals surface area contributed by atoms with Gasteiger partial charge in [0.2, 0.25) is 0 Å². The SMILES string of the molecule is O=C(O)c1cccnc1-c1cccc(-c2ccccc2Cl)c1. The molecule has 1 heterocycles. The molecule has 0 aliphatic heterocycles. The van der Waals surface area contributed by atoms with E-state index in [1.165, 1.54) is 0 Å². The van der Waals surface area contributed by atoms with Crippen LogP contribution in [0, 0.1) is 0 Å². The zero-order valence-corrected chi connectivity index (χ0v) is 12.3. The number of aromatic nitrogens is 1. The lowest BCUT2D eigenvalue weighted by Gasteiger charge is -2.08. The lowest BCUT2D eigenvalue weighted by Crippen LogP contribution is -2.01. The van der Waals surface area contributed by atoms with Crippen LogP contribution in [0.2, 0.25) is 5.02 Å². The Kier molecular flexibility index (Phi) is 3.90. The molecule has 0 fully saturated rings. The minimum absolute atomic E-state index is 0.179. The van der Waals surface area contributed by atoms with E-state index < -0.39 is 5.97 Å². The molecule has 2 aromatic carbocycles. The summed E-state index contributed by atoms with van der Waals surface area (Å²) in [5, 5.41) is 9.95. The third-order valence-corrected chi connectivity index (χ3v) is 3.69. The van der Waals surface area contributed by atoms with Crippen molar-refractivity contribution in [2.75, 3.05) is 0 Å². The number of nitrogens with zero attached hydrogens (tertiary/aromatic N) is 1. The van der Waals surface area contributed by atoms with Gasteiger partial charge in [-0.05, 0) is 29.8 Å². The Hall–Kier alpha value is -2.65. The van der Waals surface area contributed by atoms with Gasteiger partial charge in [-0.3, -0.25) is 4.98 Å². The maximum atomic E-state index is 11.3. The van der Waals surface area contributed by atoms with Crippen LogP contribution in [-0.2, 0) is 0 Å². The van der Waals surface area contributed by atoms with Gasteiger partial charge in [0, 0.05) is 22.3 Å². The van der Waals surface area contributed by atoms with Crippen LogP contribution < -0.4 is 0 Å². The van der Waals surface area contributed by atoms with Crippen molar-refractivity contribution >= 4 is 17.6 Å². The number of aromatic carboxylic acids is 1. The van der Waals surface area contributed by atoms with Crippen molar-refractivity contribution in [1.29, 1.82) is 0 Å². The summed E-state index contributed by atoms with van der Waals surface area (Å²) in [4.78, 5) is 15.6. The molecule has 3 nitrogen and oxygen atoms in total. The quantitative estimate of drug-likeness (QED) is 0.758. The van der Waals surface area contributed by atoms with Gasteiger partial charge in [-0.25, -0.2) is 4.79 Å². The fourth-order valence-electron chi connectivity index (χ4n) is 2.34. The summed E-state index contributed by atoms with van der Waals surface area (Å²) in [5.74, 6) is -0.994. The van der Waals surface area contributed by atoms with Gasteiger partial charge in [0.1, 0.15) is 0 Å². The van der Waals surface area contributed by atoms with Gasteiger partial charge >= 0.3 is 5.97 Å². The number of pyridine rings is 1. The highest BCUT2D eigenvalue weighted by Crippen LogP contribution is 2.31. The molecule has 3 aromatic rings. The summed E-state index contributed by atoms with van der Waals surface area (Å²) in [5.41, 5.74) is 3.20. The molecule has 4 heteroatoms. The molecule has 1 aromatic heterocycles. The number of hydrogen-bond acceptors (Lipinski definition) is 2. The minimum Gasteiger partial charge on any atom is -0.478 e. The summed E-state index contributed by atoms with van der Waals surface area (Å²) in [7, 11) is 0. The Morgan fingerprint density at radius 3 is 2.50 bits per heavy atom. The standard InChI is InChI=1S/C18H12ClNO2/c19-16-9-2-1-7-14(16)12-5-3-6-13(11-12)17-15(18(21)22)8-4-10-20-17/h1-11H,(H,21,22). The zero-order chi connectivity index (χ0) is 15.5. The first-order chi connectivity index (χ1) is 10.7. The maximum Gasteiger partial charge on any atom is 0.337 e. The Labute approximate surface area is 132 Å². The lowest BCUT2D eigenvalue weighted by atomic mass is 9.99. The normalized spacial score (nSPS) is 10.4. The largest absolute Gasteiger partial charge is 0.478 e. The third-order valence-electron chi connectivity index (χ3n) is 3.36.